The van der Waals surface area contributed by atoms with Crippen LogP contribution >= 0.6 is 0 Å². The molecule has 0 aliphatic heterocycles. The number of nitriles is 1. The minimum atomic E-state index is 0.0323. The second-order valence-corrected chi connectivity index (χ2v) is 5.99. The molecular weight excluding hydrogens is 284 g/mol. The highest BCUT2D eigenvalue weighted by Gasteiger charge is 2.33. The van der Waals surface area contributed by atoms with Crippen molar-refractivity contribution in [3.63, 3.8) is 0 Å². The van der Waals surface area contributed by atoms with Gasteiger partial charge >= 0.3 is 0 Å². The smallest absolute Gasteiger partial charge is 0.224 e. The van der Waals surface area contributed by atoms with E-state index >= 15 is 0 Å². The maximum atomic E-state index is 12.7. The maximum absolute atomic E-state index is 12.7. The van der Waals surface area contributed by atoms with Crippen LogP contribution in [0.2, 0.25) is 0 Å². The summed E-state index contributed by atoms with van der Waals surface area (Å²) in [6, 6.07) is 22.7. The molecule has 1 aliphatic rings. The van der Waals surface area contributed by atoms with Gasteiger partial charge in [-0.15, -0.1) is 0 Å². The van der Waals surface area contributed by atoms with E-state index in [0.717, 1.165) is 24.0 Å². The summed E-state index contributed by atoms with van der Waals surface area (Å²) in [4.78, 5) is 14.5. The molecule has 1 fully saturated rings. The molecule has 1 saturated carbocycles. The summed E-state index contributed by atoms with van der Waals surface area (Å²) in [6.07, 6.45) is 2.45. The summed E-state index contributed by atoms with van der Waals surface area (Å²) in [5, 5.41) is 8.99. The average molecular weight is 304 g/mol. The highest BCUT2D eigenvalue weighted by Crippen LogP contribution is 2.32. The Kier molecular flexibility index (Phi) is 4.73. The highest BCUT2D eigenvalue weighted by atomic mass is 16.2. The van der Waals surface area contributed by atoms with Gasteiger partial charge in [0.05, 0.1) is 6.07 Å². The third-order valence-electron chi connectivity index (χ3n) is 4.33. The van der Waals surface area contributed by atoms with Gasteiger partial charge < -0.3 is 4.90 Å². The lowest BCUT2D eigenvalue weighted by Gasteiger charge is -2.23. The van der Waals surface area contributed by atoms with Crippen LogP contribution in [-0.4, -0.2) is 23.4 Å². The van der Waals surface area contributed by atoms with Crippen LogP contribution in [-0.2, 0) is 4.79 Å². The van der Waals surface area contributed by atoms with Crippen molar-refractivity contribution in [3.05, 3.63) is 71.8 Å². The summed E-state index contributed by atoms with van der Waals surface area (Å²) in [5.74, 6) is 0.108. The van der Waals surface area contributed by atoms with E-state index in [0.29, 0.717) is 6.42 Å². The van der Waals surface area contributed by atoms with Crippen molar-refractivity contribution in [2.24, 2.45) is 0 Å². The number of rotatable bonds is 6. The van der Waals surface area contributed by atoms with E-state index < -0.39 is 0 Å². The van der Waals surface area contributed by atoms with Crippen LogP contribution < -0.4 is 0 Å². The van der Waals surface area contributed by atoms with Crippen LogP contribution in [0, 0.1) is 11.3 Å². The molecular formula is C20H20N2O. The van der Waals surface area contributed by atoms with E-state index in [1.165, 1.54) is 0 Å². The van der Waals surface area contributed by atoms with Crippen LogP contribution in [0.1, 0.15) is 36.3 Å². The summed E-state index contributed by atoms with van der Waals surface area (Å²) >= 11 is 0. The maximum Gasteiger partial charge on any atom is 0.224 e. The van der Waals surface area contributed by atoms with Crippen LogP contribution in [0.25, 0.3) is 0 Å². The number of nitrogens with zero attached hydrogens (tertiary/aromatic N) is 2. The van der Waals surface area contributed by atoms with Gasteiger partial charge in [-0.1, -0.05) is 60.7 Å². The molecule has 0 spiro atoms. The number of hydrogen-bond donors (Lipinski definition) is 0. The minimum absolute atomic E-state index is 0.0323. The fourth-order valence-electron chi connectivity index (χ4n) is 2.97. The first-order valence-electron chi connectivity index (χ1n) is 8.06. The van der Waals surface area contributed by atoms with Crippen molar-refractivity contribution < 1.29 is 4.79 Å². The molecule has 2 aromatic carbocycles. The molecule has 0 heterocycles. The van der Waals surface area contributed by atoms with Gasteiger partial charge in [0, 0.05) is 18.4 Å². The zero-order valence-electron chi connectivity index (χ0n) is 13.1. The number of benzene rings is 2. The fraction of sp³-hybridized carbons (Fsp3) is 0.300. The van der Waals surface area contributed by atoms with Crippen LogP contribution in [0.3, 0.4) is 0 Å². The van der Waals surface area contributed by atoms with Crippen molar-refractivity contribution in [1.29, 1.82) is 5.26 Å². The van der Waals surface area contributed by atoms with Gasteiger partial charge in [0.15, 0.2) is 0 Å². The Bertz CT molecular complexity index is 647. The molecule has 3 heteroatoms. The van der Waals surface area contributed by atoms with Gasteiger partial charge in [-0.3, -0.25) is 4.79 Å². The van der Waals surface area contributed by atoms with Gasteiger partial charge in [-0.05, 0) is 24.0 Å². The Morgan fingerprint density at radius 2 is 1.57 bits per heavy atom. The van der Waals surface area contributed by atoms with Gasteiger partial charge in [-0.25, -0.2) is 0 Å². The van der Waals surface area contributed by atoms with Crippen molar-refractivity contribution in [1.82, 2.24) is 4.90 Å². The van der Waals surface area contributed by atoms with E-state index in [4.69, 9.17) is 5.26 Å². The predicted molar refractivity (Wildman–Crippen MR) is 89.7 cm³/mol. The van der Waals surface area contributed by atoms with E-state index in [9.17, 15) is 4.79 Å². The Morgan fingerprint density at radius 1 is 1.04 bits per heavy atom. The molecule has 3 nitrogen and oxygen atoms in total. The normalized spacial score (nSPS) is 13.6. The molecule has 3 rings (SSSR count). The summed E-state index contributed by atoms with van der Waals surface area (Å²) < 4.78 is 0. The van der Waals surface area contributed by atoms with Crippen molar-refractivity contribution in [3.8, 4) is 6.07 Å². The molecule has 23 heavy (non-hydrogen) atoms. The quantitative estimate of drug-likeness (QED) is 0.763. The first kappa shape index (κ1) is 15.3. The molecule has 2 aromatic rings. The van der Waals surface area contributed by atoms with Crippen molar-refractivity contribution in [2.75, 3.05) is 6.54 Å². The summed E-state index contributed by atoms with van der Waals surface area (Å²) in [7, 11) is 0. The van der Waals surface area contributed by atoms with Gasteiger partial charge in [0.1, 0.15) is 6.54 Å². The van der Waals surface area contributed by atoms with Crippen LogP contribution in [0.4, 0.5) is 0 Å². The molecule has 1 aliphatic carbocycles. The molecule has 0 atom stereocenters. The first-order chi connectivity index (χ1) is 11.3. The SMILES string of the molecule is N#CCN(C(=O)CC(c1ccccc1)c1ccccc1)C1CC1. The topological polar surface area (TPSA) is 44.1 Å². The lowest BCUT2D eigenvalue weighted by Crippen LogP contribution is -2.34. The molecule has 0 unspecified atom stereocenters. The molecule has 0 saturated heterocycles. The number of hydrogen-bond acceptors (Lipinski definition) is 2. The second-order valence-electron chi connectivity index (χ2n) is 5.99. The Labute approximate surface area is 137 Å². The molecule has 0 aromatic heterocycles. The third-order valence-corrected chi connectivity index (χ3v) is 4.33. The zero-order valence-corrected chi connectivity index (χ0v) is 13.1. The number of carbonyl (C=O) groups is 1. The van der Waals surface area contributed by atoms with E-state index in [1.807, 2.05) is 36.4 Å². The van der Waals surface area contributed by atoms with Gasteiger partial charge in [-0.2, -0.15) is 5.26 Å². The van der Waals surface area contributed by atoms with E-state index in [-0.39, 0.29) is 24.4 Å². The predicted octanol–water partition coefficient (Wildman–Crippen LogP) is 3.72. The standard InChI is InChI=1S/C20H20N2O/c21-13-14-22(18-11-12-18)20(23)15-19(16-7-3-1-4-8-16)17-9-5-2-6-10-17/h1-10,18-19H,11-12,14-15H2. The third kappa shape index (κ3) is 3.78. The average Bonchev–Trinajstić information content (AvgIpc) is 3.44. The minimum Gasteiger partial charge on any atom is -0.326 e. The summed E-state index contributed by atoms with van der Waals surface area (Å²) in [5.41, 5.74) is 2.28. The van der Waals surface area contributed by atoms with E-state index in [2.05, 4.69) is 30.3 Å². The Balaban J connectivity index is 1.84. The second kappa shape index (κ2) is 7.11. The molecule has 0 N–H and O–H groups in total. The highest BCUT2D eigenvalue weighted by molar-refractivity contribution is 5.78. The fourth-order valence-corrected chi connectivity index (χ4v) is 2.97. The monoisotopic (exact) mass is 304 g/mol. The number of carbonyl (C=O) groups excluding carboxylic acids is 1. The van der Waals surface area contributed by atoms with Gasteiger partial charge in [0.2, 0.25) is 5.91 Å². The first-order valence-corrected chi connectivity index (χ1v) is 8.06. The largest absolute Gasteiger partial charge is 0.326 e. The molecule has 1 amide bonds. The van der Waals surface area contributed by atoms with Crippen LogP contribution in [0.15, 0.2) is 60.7 Å². The number of amides is 1. The molecule has 0 bridgehead atoms. The molecule has 0 radical (unpaired) electrons. The Hall–Kier alpha value is -2.60. The molecule has 116 valence electrons. The zero-order chi connectivity index (χ0) is 16.1. The van der Waals surface area contributed by atoms with E-state index in [1.54, 1.807) is 4.90 Å². The lowest BCUT2D eigenvalue weighted by atomic mass is 9.88. The van der Waals surface area contributed by atoms with Gasteiger partial charge in [0.25, 0.3) is 0 Å². The summed E-state index contributed by atoms with van der Waals surface area (Å²) in [6.45, 7) is 0.194. The Morgan fingerprint density at radius 3 is 2.00 bits per heavy atom. The van der Waals surface area contributed by atoms with Crippen molar-refractivity contribution >= 4 is 5.91 Å². The van der Waals surface area contributed by atoms with Crippen molar-refractivity contribution in [2.45, 2.75) is 31.2 Å². The lowest BCUT2D eigenvalue weighted by molar-refractivity contribution is -0.131. The van der Waals surface area contributed by atoms with Crippen LogP contribution in [0.5, 0.6) is 0 Å².